The summed E-state index contributed by atoms with van der Waals surface area (Å²) < 4.78 is 0. The third-order valence-corrected chi connectivity index (χ3v) is 5.50. The van der Waals surface area contributed by atoms with Gasteiger partial charge in [0.15, 0.2) is 0 Å². The van der Waals surface area contributed by atoms with Crippen LogP contribution in [-0.2, 0) is 17.9 Å². The number of fused-ring (bicyclic) bond motifs is 2. The first kappa shape index (κ1) is 17.1. The van der Waals surface area contributed by atoms with Gasteiger partial charge in [-0.3, -0.25) is 19.8 Å². The van der Waals surface area contributed by atoms with Crippen LogP contribution in [0.3, 0.4) is 0 Å². The Kier molecular flexibility index (Phi) is 4.38. The molecule has 0 amide bonds. The molecule has 0 saturated carbocycles. The quantitative estimate of drug-likeness (QED) is 0.524. The zero-order valence-electron chi connectivity index (χ0n) is 15.5. The van der Waals surface area contributed by atoms with Gasteiger partial charge in [-0.2, -0.15) is 0 Å². The fourth-order valence-corrected chi connectivity index (χ4v) is 4.07. The summed E-state index contributed by atoms with van der Waals surface area (Å²) in [5.74, 6) is 0. The number of nitrogens with one attached hydrogen (secondary N) is 2. The van der Waals surface area contributed by atoms with Gasteiger partial charge in [0.1, 0.15) is 6.29 Å². The summed E-state index contributed by atoms with van der Waals surface area (Å²) in [7, 11) is 0. The van der Waals surface area contributed by atoms with E-state index in [1.165, 1.54) is 0 Å². The highest BCUT2D eigenvalue weighted by molar-refractivity contribution is 5.79. The van der Waals surface area contributed by atoms with Crippen LogP contribution in [0, 0.1) is 0 Å². The molecule has 1 unspecified atom stereocenters. The average molecular weight is 374 g/mol. The number of nitrogens with zero attached hydrogens (tertiary/aromatic N) is 4. The first-order valence-electron chi connectivity index (χ1n) is 9.53. The van der Waals surface area contributed by atoms with Crippen molar-refractivity contribution in [1.82, 2.24) is 29.7 Å². The maximum Gasteiger partial charge on any atom is 0.138 e. The van der Waals surface area contributed by atoms with Crippen LogP contribution in [0.15, 0.2) is 49.1 Å². The molecule has 1 aliphatic heterocycles. The van der Waals surface area contributed by atoms with E-state index in [1.807, 2.05) is 24.5 Å². The lowest BCUT2D eigenvalue weighted by atomic mass is 10.1. The minimum absolute atomic E-state index is 0.107. The fraction of sp³-hybridized carbons (Fsp3) is 0.286. The molecule has 4 aromatic rings. The molecule has 7 nitrogen and oxygen atoms in total. The van der Waals surface area contributed by atoms with Crippen molar-refractivity contribution >= 4 is 28.1 Å². The number of aromatic nitrogens is 4. The van der Waals surface area contributed by atoms with Crippen molar-refractivity contribution in [3.63, 3.8) is 0 Å². The summed E-state index contributed by atoms with van der Waals surface area (Å²) in [6.45, 7) is 4.08. The van der Waals surface area contributed by atoms with Crippen molar-refractivity contribution in [2.75, 3.05) is 19.6 Å². The molecule has 28 heavy (non-hydrogen) atoms. The van der Waals surface area contributed by atoms with Gasteiger partial charge in [0.2, 0.25) is 0 Å². The smallest absolute Gasteiger partial charge is 0.138 e. The third-order valence-electron chi connectivity index (χ3n) is 5.50. The molecule has 142 valence electrons. The number of hydrogen-bond acceptors (Lipinski definition) is 5. The molecule has 2 N–H and O–H groups in total. The Hall–Kier alpha value is -3.03. The Balaban J connectivity index is 1.26. The van der Waals surface area contributed by atoms with Crippen LogP contribution < -0.4 is 0 Å². The van der Waals surface area contributed by atoms with Crippen molar-refractivity contribution in [2.45, 2.75) is 19.1 Å². The highest BCUT2D eigenvalue weighted by Crippen LogP contribution is 2.20. The van der Waals surface area contributed by atoms with E-state index in [0.29, 0.717) is 0 Å². The van der Waals surface area contributed by atoms with E-state index >= 15 is 0 Å². The topological polar surface area (TPSA) is 80.9 Å². The molecule has 4 aromatic heterocycles. The Labute approximate surface area is 162 Å². The number of H-pyrrole nitrogens is 2. The Bertz CT molecular complexity index is 1050. The zero-order valence-corrected chi connectivity index (χ0v) is 15.5. The van der Waals surface area contributed by atoms with Crippen LogP contribution in [0.4, 0.5) is 0 Å². The van der Waals surface area contributed by atoms with Crippen molar-refractivity contribution < 1.29 is 4.79 Å². The highest BCUT2D eigenvalue weighted by atomic mass is 16.1. The number of piperazine rings is 1. The van der Waals surface area contributed by atoms with E-state index in [-0.39, 0.29) is 6.04 Å². The number of aldehydes is 1. The van der Waals surface area contributed by atoms with Crippen LogP contribution in [-0.4, -0.2) is 61.7 Å². The SMILES string of the molecule is O=CC1CN(Cc2cc3cnccc3[nH]2)CCN1Cc1cc2cnccc2[nH]1. The number of rotatable bonds is 5. The van der Waals surface area contributed by atoms with E-state index in [0.717, 1.165) is 72.2 Å². The molecule has 0 radical (unpaired) electrons. The lowest BCUT2D eigenvalue weighted by Gasteiger charge is -2.38. The summed E-state index contributed by atoms with van der Waals surface area (Å²) in [5, 5.41) is 2.23. The standard InChI is InChI=1S/C21H22N6O/c28-14-19-13-26(11-17-7-15-9-22-3-1-20(15)24-17)5-6-27(19)12-18-8-16-10-23-4-2-21(16)25-18/h1-4,7-10,14,19,24-25H,5-6,11-13H2. The normalized spacial score (nSPS) is 18.8. The maximum absolute atomic E-state index is 11.8. The van der Waals surface area contributed by atoms with E-state index < -0.39 is 0 Å². The van der Waals surface area contributed by atoms with Gasteiger partial charge in [0.25, 0.3) is 0 Å². The summed E-state index contributed by atoms with van der Waals surface area (Å²) in [4.78, 5) is 31.6. The molecule has 0 spiro atoms. The van der Waals surface area contributed by atoms with E-state index in [1.54, 1.807) is 12.4 Å². The molecule has 1 atom stereocenters. The summed E-state index contributed by atoms with van der Waals surface area (Å²) >= 11 is 0. The predicted octanol–water partition coefficient (Wildman–Crippen LogP) is 2.32. The van der Waals surface area contributed by atoms with Gasteiger partial charge in [-0.1, -0.05) is 0 Å². The fourth-order valence-electron chi connectivity index (χ4n) is 4.07. The second-order valence-electron chi connectivity index (χ2n) is 7.42. The minimum atomic E-state index is -0.107. The van der Waals surface area contributed by atoms with Crippen LogP contribution in [0.25, 0.3) is 21.8 Å². The second kappa shape index (κ2) is 7.18. The van der Waals surface area contributed by atoms with Crippen LogP contribution >= 0.6 is 0 Å². The Morgan fingerprint density at radius 3 is 2.21 bits per heavy atom. The summed E-state index contributed by atoms with van der Waals surface area (Å²) in [6.07, 6.45) is 8.39. The van der Waals surface area contributed by atoms with Crippen molar-refractivity contribution in [2.24, 2.45) is 0 Å². The molecule has 1 aliphatic rings. The van der Waals surface area contributed by atoms with Crippen molar-refractivity contribution in [3.8, 4) is 0 Å². The van der Waals surface area contributed by atoms with Crippen LogP contribution in [0.5, 0.6) is 0 Å². The van der Waals surface area contributed by atoms with Gasteiger partial charge in [0.05, 0.1) is 6.04 Å². The summed E-state index contributed by atoms with van der Waals surface area (Å²) in [5.41, 5.74) is 4.46. The van der Waals surface area contributed by atoms with Crippen molar-refractivity contribution in [3.05, 3.63) is 60.4 Å². The van der Waals surface area contributed by atoms with Gasteiger partial charge in [-0.05, 0) is 24.3 Å². The predicted molar refractivity (Wildman–Crippen MR) is 108 cm³/mol. The summed E-state index contributed by atoms with van der Waals surface area (Å²) in [6, 6.07) is 8.12. The molecule has 1 saturated heterocycles. The minimum Gasteiger partial charge on any atom is -0.357 e. The number of hydrogen-bond donors (Lipinski definition) is 2. The highest BCUT2D eigenvalue weighted by Gasteiger charge is 2.27. The number of aromatic amines is 2. The van der Waals surface area contributed by atoms with E-state index in [9.17, 15) is 4.79 Å². The second-order valence-corrected chi connectivity index (χ2v) is 7.42. The Morgan fingerprint density at radius 1 is 0.964 bits per heavy atom. The number of pyridine rings is 2. The van der Waals surface area contributed by atoms with Gasteiger partial charge >= 0.3 is 0 Å². The molecule has 7 heteroatoms. The lowest BCUT2D eigenvalue weighted by Crippen LogP contribution is -2.53. The molecule has 0 aromatic carbocycles. The van der Waals surface area contributed by atoms with Gasteiger partial charge in [-0.25, -0.2) is 0 Å². The molecular weight excluding hydrogens is 352 g/mol. The molecule has 0 aliphatic carbocycles. The first-order valence-corrected chi connectivity index (χ1v) is 9.53. The monoisotopic (exact) mass is 374 g/mol. The van der Waals surface area contributed by atoms with Crippen LogP contribution in [0.1, 0.15) is 11.4 Å². The zero-order chi connectivity index (χ0) is 18.9. The van der Waals surface area contributed by atoms with E-state index in [4.69, 9.17) is 0 Å². The van der Waals surface area contributed by atoms with Crippen molar-refractivity contribution in [1.29, 1.82) is 0 Å². The van der Waals surface area contributed by atoms with Gasteiger partial charge in [-0.15, -0.1) is 0 Å². The maximum atomic E-state index is 11.8. The average Bonchev–Trinajstić information content (AvgIpc) is 3.31. The largest absolute Gasteiger partial charge is 0.357 e. The number of carbonyl (C=O) groups excluding carboxylic acids is 1. The third kappa shape index (κ3) is 3.30. The van der Waals surface area contributed by atoms with Gasteiger partial charge < -0.3 is 14.8 Å². The number of carbonyl (C=O) groups is 1. The molecule has 1 fully saturated rings. The van der Waals surface area contributed by atoms with Gasteiger partial charge in [0, 0.05) is 90.7 Å². The lowest BCUT2D eigenvalue weighted by molar-refractivity contribution is -0.115. The molecular formula is C21H22N6O. The first-order chi connectivity index (χ1) is 13.8. The molecule has 5 heterocycles. The van der Waals surface area contributed by atoms with Crippen LogP contribution in [0.2, 0.25) is 0 Å². The molecule has 0 bridgehead atoms. The molecule has 5 rings (SSSR count). The van der Waals surface area contributed by atoms with E-state index in [2.05, 4.69) is 41.9 Å². The Morgan fingerprint density at radius 2 is 1.61 bits per heavy atom.